The summed E-state index contributed by atoms with van der Waals surface area (Å²) in [4.78, 5) is 65.7. The minimum Gasteiger partial charge on any atom is -0.466 e. The van der Waals surface area contributed by atoms with Gasteiger partial charge in [-0.3, -0.25) is 24.2 Å². The Hall–Kier alpha value is -2.88. The third kappa shape index (κ3) is 12.4. The van der Waals surface area contributed by atoms with Gasteiger partial charge in [0.25, 0.3) is 0 Å². The lowest BCUT2D eigenvalue weighted by Crippen LogP contribution is -2.61. The number of aliphatic hydroxyl groups excluding tert-OH is 2. The number of esters is 3. The van der Waals surface area contributed by atoms with Crippen molar-refractivity contribution in [1.29, 1.82) is 0 Å². The molecule has 0 unspecified atom stereocenters. The molecule has 3 heterocycles. The van der Waals surface area contributed by atoms with Crippen LogP contribution in [0.15, 0.2) is 5.29 Å². The summed E-state index contributed by atoms with van der Waals surface area (Å²) in [6.45, 7) is 17.3. The van der Waals surface area contributed by atoms with Crippen LogP contribution in [-0.2, 0) is 57.1 Å². The Labute approximate surface area is 359 Å². The maximum absolute atomic E-state index is 14.3. The van der Waals surface area contributed by atoms with Gasteiger partial charge in [0, 0.05) is 38.3 Å². The second-order valence-corrected chi connectivity index (χ2v) is 17.9. The Morgan fingerprint density at radius 3 is 2.08 bits per heavy atom. The molecule has 0 aromatic rings. The van der Waals surface area contributed by atoms with Gasteiger partial charge in [0.1, 0.15) is 23.6 Å². The topological polar surface area (TPSA) is 256 Å². The van der Waals surface area contributed by atoms with Crippen molar-refractivity contribution in [3.63, 3.8) is 0 Å². The van der Waals surface area contributed by atoms with E-state index in [4.69, 9.17) is 37.9 Å². The van der Waals surface area contributed by atoms with Gasteiger partial charge in [-0.25, -0.2) is 0 Å². The van der Waals surface area contributed by atoms with Gasteiger partial charge in [-0.1, -0.05) is 27.7 Å². The van der Waals surface area contributed by atoms with Crippen LogP contribution in [-0.4, -0.2) is 154 Å². The number of hydrogen-bond donors (Lipinski definition) is 4. The molecule has 3 fully saturated rings. The average Bonchev–Trinajstić information content (AvgIpc) is 3.20. The first-order chi connectivity index (χ1) is 28.3. The van der Waals surface area contributed by atoms with E-state index in [2.05, 4.69) is 5.29 Å². The molecule has 3 aliphatic rings. The van der Waals surface area contributed by atoms with Crippen LogP contribution in [0.2, 0.25) is 0 Å². The number of Topliss-reactive ketones (excluding diaryl/α,β-unsaturated/α-hetero) is 1. The van der Waals surface area contributed by atoms with Crippen molar-refractivity contribution in [3.8, 4) is 0 Å². The van der Waals surface area contributed by atoms with Gasteiger partial charge in [-0.05, 0) is 67.7 Å². The second-order valence-electron chi connectivity index (χ2n) is 17.9. The van der Waals surface area contributed by atoms with E-state index < -0.39 is 132 Å². The van der Waals surface area contributed by atoms with E-state index in [1.165, 1.54) is 41.9 Å². The monoisotopic (exact) mass is 876 g/mol. The summed E-state index contributed by atoms with van der Waals surface area (Å²) < 4.78 is 48.3. The smallest absolute Gasteiger partial charge is 0.311 e. The molecule has 352 valence electrons. The summed E-state index contributed by atoms with van der Waals surface area (Å²) in [6, 6.07) is -0.908. The number of ether oxygens (including phenoxy) is 8. The predicted octanol–water partition coefficient (Wildman–Crippen LogP) is 2.73. The molecule has 3 rings (SSSR count). The standard InChI is InChI=1S/C42H72N2O17/c1-14-28-42(11,52)35(48)23(5)32(47)21(3)19-40(9,51)37(24(6)33(25(7)38(50)58-28)60-31-20-41(10,54-13)36(49)26(8)57-31)61-39-34(27(44(12)43-53)18-22(4)56-39)59-30(46)17-16-29(45)55-15-2/h21-28,31,33-37,39,48-49,51-52H,14-20H2,1-13H3/t21-,22-,23+,24+,25-,26+,27+,28-,31+,33-,34-,35-,36+,37-,39+,40-,41-,42-/m1/s1. The van der Waals surface area contributed by atoms with Crippen molar-refractivity contribution in [2.75, 3.05) is 20.8 Å². The number of carbonyl (C=O) groups excluding carboxylic acids is 4. The third-order valence-corrected chi connectivity index (χ3v) is 12.8. The third-order valence-electron chi connectivity index (χ3n) is 12.8. The minimum atomic E-state index is -2.07. The van der Waals surface area contributed by atoms with E-state index in [-0.39, 0.29) is 45.1 Å². The Balaban J connectivity index is 2.23. The van der Waals surface area contributed by atoms with Crippen LogP contribution in [0.5, 0.6) is 0 Å². The summed E-state index contributed by atoms with van der Waals surface area (Å²) in [5.74, 6) is -7.18. The van der Waals surface area contributed by atoms with Crippen LogP contribution in [0.4, 0.5) is 0 Å². The largest absolute Gasteiger partial charge is 0.466 e. The minimum absolute atomic E-state index is 0.00358. The lowest BCUT2D eigenvalue weighted by molar-refractivity contribution is -0.319. The maximum Gasteiger partial charge on any atom is 0.311 e. The second kappa shape index (κ2) is 21.7. The van der Waals surface area contributed by atoms with Crippen LogP contribution in [0, 0.1) is 28.6 Å². The number of nitroso groups, excluding NO2 is 1. The molecule has 3 saturated heterocycles. The lowest BCUT2D eigenvalue weighted by Gasteiger charge is -2.49. The quantitative estimate of drug-likeness (QED) is 0.0898. The maximum atomic E-state index is 14.3. The van der Waals surface area contributed by atoms with Crippen LogP contribution < -0.4 is 0 Å². The Kier molecular flexibility index (Phi) is 18.6. The van der Waals surface area contributed by atoms with Crippen molar-refractivity contribution >= 4 is 23.7 Å². The zero-order valence-electron chi connectivity index (χ0n) is 38.1. The van der Waals surface area contributed by atoms with E-state index in [1.807, 2.05) is 0 Å². The van der Waals surface area contributed by atoms with Crippen molar-refractivity contribution < 1.29 is 77.5 Å². The normalized spacial score (nSPS) is 43.1. The summed E-state index contributed by atoms with van der Waals surface area (Å²) in [6.07, 6.45) is -12.8. The van der Waals surface area contributed by atoms with E-state index in [1.54, 1.807) is 48.5 Å². The highest BCUT2D eigenvalue weighted by Gasteiger charge is 2.54. The molecule has 18 atom stereocenters. The molecule has 3 aliphatic heterocycles. The molecule has 0 aliphatic carbocycles. The molecule has 19 heteroatoms. The first-order valence-electron chi connectivity index (χ1n) is 21.4. The number of nitrogens with zero attached hydrogens (tertiary/aromatic N) is 2. The van der Waals surface area contributed by atoms with E-state index >= 15 is 0 Å². The number of methoxy groups -OCH3 is 1. The summed E-state index contributed by atoms with van der Waals surface area (Å²) in [5, 5.41) is 50.9. The molecule has 19 nitrogen and oxygen atoms in total. The Morgan fingerprint density at radius 1 is 0.885 bits per heavy atom. The van der Waals surface area contributed by atoms with E-state index in [9.17, 15) is 44.5 Å². The van der Waals surface area contributed by atoms with E-state index in [0.29, 0.717) is 0 Å². The number of likely N-dealkylation sites (N-methyl/N-ethyl adjacent to an activating group) is 1. The molecule has 0 radical (unpaired) electrons. The first kappa shape index (κ1) is 52.5. The summed E-state index contributed by atoms with van der Waals surface area (Å²) >= 11 is 0. The zero-order chi connectivity index (χ0) is 46.4. The number of carbonyl (C=O) groups is 4. The summed E-state index contributed by atoms with van der Waals surface area (Å²) in [7, 11) is 2.83. The molecule has 4 N–H and O–H groups in total. The van der Waals surface area contributed by atoms with Crippen LogP contribution >= 0.6 is 0 Å². The molecule has 0 aromatic heterocycles. The molecular weight excluding hydrogens is 804 g/mol. The number of ketones is 1. The zero-order valence-corrected chi connectivity index (χ0v) is 38.1. The number of rotatable bonds is 13. The van der Waals surface area contributed by atoms with Crippen molar-refractivity contribution in [2.45, 2.75) is 199 Å². The fourth-order valence-electron chi connectivity index (χ4n) is 9.09. The average molecular weight is 877 g/mol. The molecule has 0 aromatic carbocycles. The van der Waals surface area contributed by atoms with Gasteiger partial charge < -0.3 is 58.3 Å². The van der Waals surface area contributed by atoms with Gasteiger partial charge in [-0.2, -0.15) is 0 Å². The van der Waals surface area contributed by atoms with Gasteiger partial charge in [0.15, 0.2) is 18.7 Å². The number of aliphatic hydroxyl groups is 4. The van der Waals surface area contributed by atoms with Crippen LogP contribution in [0.1, 0.15) is 115 Å². The molecular formula is C42H72N2O17. The van der Waals surface area contributed by atoms with Crippen molar-refractivity contribution in [2.24, 2.45) is 29.0 Å². The Morgan fingerprint density at radius 2 is 1.51 bits per heavy atom. The fourth-order valence-corrected chi connectivity index (χ4v) is 9.09. The van der Waals surface area contributed by atoms with Crippen LogP contribution in [0.25, 0.3) is 0 Å². The predicted molar refractivity (Wildman–Crippen MR) is 216 cm³/mol. The van der Waals surface area contributed by atoms with Gasteiger partial charge in [0.2, 0.25) is 0 Å². The van der Waals surface area contributed by atoms with E-state index in [0.717, 1.165) is 5.01 Å². The molecule has 0 spiro atoms. The summed E-state index contributed by atoms with van der Waals surface area (Å²) in [5.41, 5.74) is -5.21. The van der Waals surface area contributed by atoms with Gasteiger partial charge >= 0.3 is 17.9 Å². The lowest BCUT2D eigenvalue weighted by atomic mass is 9.74. The van der Waals surface area contributed by atoms with Crippen molar-refractivity contribution in [1.82, 2.24) is 5.01 Å². The molecule has 0 bridgehead atoms. The van der Waals surface area contributed by atoms with Crippen LogP contribution in [0.3, 0.4) is 0 Å². The molecule has 61 heavy (non-hydrogen) atoms. The SMILES string of the molecule is CCOC(=O)CCC(=O)O[C@H]1[C@H](O[C@@H]2[C@@H](C)[C@@H](O[C@H]3C[C@@](C)(OC)[C@@H](O)[C@H](C)O3)[C@@H](C)C(=O)O[C@H](CC)[C@@](C)(O)[C@H](O)[C@@H](C)C(=O)[C@H](C)C[C@@]2(C)O)O[C@H](C)C[C@@H]1N(C)N=O. The van der Waals surface area contributed by atoms with Gasteiger partial charge in [-0.15, -0.1) is 4.91 Å². The Bertz CT molecular complexity index is 1500. The van der Waals surface area contributed by atoms with Gasteiger partial charge in [0.05, 0.1) is 78.4 Å². The highest BCUT2D eigenvalue weighted by molar-refractivity contribution is 5.83. The van der Waals surface area contributed by atoms with Crippen molar-refractivity contribution in [3.05, 3.63) is 4.91 Å². The number of hydrogen-bond acceptors (Lipinski definition) is 18. The fraction of sp³-hybridized carbons (Fsp3) is 0.905. The molecule has 0 saturated carbocycles. The highest BCUT2D eigenvalue weighted by atomic mass is 16.7. The first-order valence-corrected chi connectivity index (χ1v) is 21.4. The molecule has 0 amide bonds. The number of cyclic esters (lactones) is 1. The highest BCUT2D eigenvalue weighted by Crippen LogP contribution is 2.41.